The summed E-state index contributed by atoms with van der Waals surface area (Å²) in [7, 11) is 1.62. The van der Waals surface area contributed by atoms with E-state index in [4.69, 9.17) is 20.9 Å². The van der Waals surface area contributed by atoms with Crippen LogP contribution in [0.3, 0.4) is 0 Å². The van der Waals surface area contributed by atoms with Crippen molar-refractivity contribution >= 4 is 17.3 Å². The van der Waals surface area contributed by atoms with E-state index >= 15 is 0 Å². The van der Waals surface area contributed by atoms with Gasteiger partial charge in [-0.15, -0.1) is 0 Å². The number of hydrogen-bond donors (Lipinski definition) is 2. The van der Waals surface area contributed by atoms with Crippen molar-refractivity contribution in [1.29, 1.82) is 0 Å². The number of nitrogens with zero attached hydrogens (tertiary/aromatic N) is 2. The van der Waals surface area contributed by atoms with Gasteiger partial charge in [0.25, 0.3) is 0 Å². The minimum atomic E-state index is -0.0476. The Morgan fingerprint density at radius 2 is 2.00 bits per heavy atom. The largest absolute Gasteiger partial charge is 0.497 e. The number of halogens is 1. The minimum absolute atomic E-state index is 0.0476. The van der Waals surface area contributed by atoms with E-state index in [1.54, 1.807) is 25.3 Å². The van der Waals surface area contributed by atoms with Crippen LogP contribution in [0.4, 0.5) is 5.69 Å². The molecule has 0 saturated carbocycles. The van der Waals surface area contributed by atoms with E-state index in [0.717, 1.165) is 16.9 Å². The van der Waals surface area contributed by atoms with Crippen LogP contribution in [-0.2, 0) is 13.2 Å². The van der Waals surface area contributed by atoms with Crippen molar-refractivity contribution in [3.63, 3.8) is 0 Å². The zero-order valence-corrected chi connectivity index (χ0v) is 13.7. The summed E-state index contributed by atoms with van der Waals surface area (Å²) < 4.78 is 10.4. The maximum Gasteiger partial charge on any atom is 0.246 e. The van der Waals surface area contributed by atoms with Crippen LogP contribution in [0.25, 0.3) is 11.4 Å². The molecule has 3 rings (SSSR count). The van der Waals surface area contributed by atoms with Crippen molar-refractivity contribution in [2.45, 2.75) is 13.2 Å². The van der Waals surface area contributed by atoms with E-state index < -0.39 is 0 Å². The van der Waals surface area contributed by atoms with Gasteiger partial charge < -0.3 is 19.7 Å². The molecule has 0 aliphatic heterocycles. The molecule has 2 aromatic carbocycles. The lowest BCUT2D eigenvalue weighted by atomic mass is 10.2. The van der Waals surface area contributed by atoms with Crippen LogP contribution >= 0.6 is 11.6 Å². The second-order valence-corrected chi connectivity index (χ2v) is 5.47. The second-order valence-electron chi connectivity index (χ2n) is 5.07. The van der Waals surface area contributed by atoms with Crippen molar-refractivity contribution in [1.82, 2.24) is 10.1 Å². The lowest BCUT2D eigenvalue weighted by Crippen LogP contribution is -2.01. The van der Waals surface area contributed by atoms with E-state index in [1.807, 2.05) is 24.3 Å². The summed E-state index contributed by atoms with van der Waals surface area (Å²) in [6.45, 7) is 0.284. The van der Waals surface area contributed by atoms with Gasteiger partial charge in [-0.25, -0.2) is 0 Å². The molecule has 0 spiro atoms. The van der Waals surface area contributed by atoms with Crippen LogP contribution in [0.2, 0.25) is 5.02 Å². The lowest BCUT2D eigenvalue weighted by Gasteiger charge is -2.07. The van der Waals surface area contributed by atoms with Gasteiger partial charge in [0.2, 0.25) is 11.7 Å². The number of aromatic nitrogens is 2. The molecule has 7 heteroatoms. The quantitative estimate of drug-likeness (QED) is 0.711. The highest BCUT2D eigenvalue weighted by molar-refractivity contribution is 6.33. The molecule has 0 radical (unpaired) electrons. The van der Waals surface area contributed by atoms with Crippen LogP contribution in [-0.4, -0.2) is 22.4 Å². The van der Waals surface area contributed by atoms with Gasteiger partial charge >= 0.3 is 0 Å². The van der Waals surface area contributed by atoms with Gasteiger partial charge in [0, 0.05) is 5.56 Å². The number of anilines is 1. The highest BCUT2D eigenvalue weighted by Gasteiger charge is 2.10. The minimum Gasteiger partial charge on any atom is -0.497 e. The maximum absolute atomic E-state index is 9.18. The molecule has 0 atom stereocenters. The van der Waals surface area contributed by atoms with Crippen LogP contribution in [0.15, 0.2) is 47.0 Å². The number of nitrogens with one attached hydrogen (secondary N) is 1. The summed E-state index contributed by atoms with van der Waals surface area (Å²) in [5.74, 6) is 1.71. The Labute approximate surface area is 144 Å². The van der Waals surface area contributed by atoms with Gasteiger partial charge in [-0.2, -0.15) is 4.98 Å². The number of aliphatic hydroxyl groups excluding tert-OH is 1. The molecule has 124 valence electrons. The third-order valence-electron chi connectivity index (χ3n) is 3.46. The van der Waals surface area contributed by atoms with Crippen molar-refractivity contribution in [3.05, 3.63) is 58.9 Å². The average molecular weight is 346 g/mol. The normalized spacial score (nSPS) is 10.6. The first-order valence-electron chi connectivity index (χ1n) is 7.30. The molecular weight excluding hydrogens is 330 g/mol. The molecule has 0 bridgehead atoms. The second kappa shape index (κ2) is 7.33. The van der Waals surface area contributed by atoms with Gasteiger partial charge in [-0.05, 0) is 42.0 Å². The highest BCUT2D eigenvalue weighted by Crippen LogP contribution is 2.24. The summed E-state index contributed by atoms with van der Waals surface area (Å²) in [4.78, 5) is 4.35. The molecule has 3 aromatic rings. The third kappa shape index (κ3) is 3.67. The third-order valence-corrected chi connectivity index (χ3v) is 3.79. The average Bonchev–Trinajstić information content (AvgIpc) is 3.10. The van der Waals surface area contributed by atoms with E-state index in [1.165, 1.54) is 0 Å². The van der Waals surface area contributed by atoms with Crippen LogP contribution in [0.1, 0.15) is 11.5 Å². The summed E-state index contributed by atoms with van der Waals surface area (Å²) in [6, 6.07) is 12.7. The molecule has 0 saturated heterocycles. The van der Waals surface area contributed by atoms with Crippen molar-refractivity contribution < 1.29 is 14.4 Å². The van der Waals surface area contributed by atoms with Crippen molar-refractivity contribution in [3.8, 4) is 17.1 Å². The van der Waals surface area contributed by atoms with E-state index in [-0.39, 0.29) is 6.61 Å². The molecule has 1 heterocycles. The van der Waals surface area contributed by atoms with E-state index in [9.17, 15) is 5.11 Å². The van der Waals surface area contributed by atoms with Crippen molar-refractivity contribution in [2.24, 2.45) is 0 Å². The van der Waals surface area contributed by atoms with Crippen LogP contribution in [0.5, 0.6) is 5.75 Å². The fourth-order valence-electron chi connectivity index (χ4n) is 2.16. The van der Waals surface area contributed by atoms with E-state index in [2.05, 4.69) is 15.5 Å². The molecule has 0 unspecified atom stereocenters. The maximum atomic E-state index is 9.18. The number of rotatable bonds is 6. The first-order valence-corrected chi connectivity index (χ1v) is 7.67. The Balaban J connectivity index is 1.70. The molecule has 0 amide bonds. The van der Waals surface area contributed by atoms with Crippen LogP contribution < -0.4 is 10.1 Å². The number of ether oxygens (including phenoxy) is 1. The molecular formula is C17H16ClN3O3. The SMILES string of the molecule is COc1ccc(-c2noc(CNc3cc(CO)ccc3Cl)n2)cc1. The fourth-order valence-corrected chi connectivity index (χ4v) is 2.35. The Hall–Kier alpha value is -2.57. The monoisotopic (exact) mass is 345 g/mol. The molecule has 6 nitrogen and oxygen atoms in total. The number of hydrogen-bond acceptors (Lipinski definition) is 6. The highest BCUT2D eigenvalue weighted by atomic mass is 35.5. The Morgan fingerprint density at radius 1 is 1.21 bits per heavy atom. The first-order chi connectivity index (χ1) is 11.7. The number of benzene rings is 2. The Bertz CT molecular complexity index is 818. The predicted octanol–water partition coefficient (Wildman–Crippen LogP) is 3.50. The Morgan fingerprint density at radius 3 is 2.71 bits per heavy atom. The molecule has 0 fully saturated rings. The standard InChI is InChI=1S/C17H16ClN3O3/c1-23-13-5-3-12(4-6-13)17-20-16(24-21-17)9-19-15-8-11(10-22)2-7-14(15)18/h2-8,19,22H,9-10H2,1H3. The topological polar surface area (TPSA) is 80.4 Å². The zero-order valence-electron chi connectivity index (χ0n) is 13.0. The summed E-state index contributed by atoms with van der Waals surface area (Å²) in [5.41, 5.74) is 2.31. The lowest BCUT2D eigenvalue weighted by molar-refractivity contribution is 0.282. The number of methoxy groups -OCH3 is 1. The van der Waals surface area contributed by atoms with Gasteiger partial charge in [-0.3, -0.25) is 0 Å². The van der Waals surface area contributed by atoms with E-state index in [0.29, 0.717) is 29.0 Å². The number of aliphatic hydroxyl groups is 1. The van der Waals surface area contributed by atoms with Gasteiger partial charge in [-0.1, -0.05) is 22.8 Å². The zero-order chi connectivity index (χ0) is 16.9. The molecule has 24 heavy (non-hydrogen) atoms. The van der Waals surface area contributed by atoms with Crippen LogP contribution in [0, 0.1) is 0 Å². The van der Waals surface area contributed by atoms with Crippen molar-refractivity contribution in [2.75, 3.05) is 12.4 Å². The van der Waals surface area contributed by atoms with Gasteiger partial charge in [0.05, 0.1) is 31.0 Å². The molecule has 0 aliphatic carbocycles. The van der Waals surface area contributed by atoms with Gasteiger partial charge in [0.15, 0.2) is 0 Å². The smallest absolute Gasteiger partial charge is 0.246 e. The predicted molar refractivity (Wildman–Crippen MR) is 91.0 cm³/mol. The summed E-state index contributed by atoms with van der Waals surface area (Å²) >= 11 is 6.13. The Kier molecular flexibility index (Phi) is 4.98. The summed E-state index contributed by atoms with van der Waals surface area (Å²) in [6.07, 6.45) is 0. The molecule has 1 aromatic heterocycles. The first kappa shape index (κ1) is 16.3. The summed E-state index contributed by atoms with van der Waals surface area (Å²) in [5, 5.41) is 16.8. The molecule has 0 aliphatic rings. The fraction of sp³-hybridized carbons (Fsp3) is 0.176. The van der Waals surface area contributed by atoms with Gasteiger partial charge in [0.1, 0.15) is 5.75 Å². The molecule has 2 N–H and O–H groups in total.